The molecule has 0 heterocycles. The van der Waals surface area contributed by atoms with E-state index in [2.05, 4.69) is 34.2 Å². The van der Waals surface area contributed by atoms with Crippen LogP contribution in [-0.2, 0) is 0 Å². The molecule has 15 heavy (non-hydrogen) atoms. The fourth-order valence-electron chi connectivity index (χ4n) is 1.69. The summed E-state index contributed by atoms with van der Waals surface area (Å²) < 4.78 is 0.949. The van der Waals surface area contributed by atoms with Crippen molar-refractivity contribution in [3.05, 3.63) is 28.2 Å². The third-order valence-electron chi connectivity index (χ3n) is 2.93. The van der Waals surface area contributed by atoms with Crippen molar-refractivity contribution in [2.45, 2.75) is 13.3 Å². The Balaban J connectivity index is 2.04. The van der Waals surface area contributed by atoms with Crippen molar-refractivity contribution in [3.8, 4) is 6.07 Å². The molecular weight excluding hydrogens is 252 g/mol. The lowest BCUT2D eigenvalue weighted by molar-refractivity contribution is 0.787. The zero-order valence-corrected chi connectivity index (χ0v) is 10.2. The molecule has 2 unspecified atom stereocenters. The Morgan fingerprint density at radius 1 is 1.60 bits per heavy atom. The van der Waals surface area contributed by atoms with Crippen LogP contribution in [0.2, 0.25) is 0 Å². The summed E-state index contributed by atoms with van der Waals surface area (Å²) in [5.41, 5.74) is 1.65. The molecule has 1 aliphatic rings. The van der Waals surface area contributed by atoms with Crippen molar-refractivity contribution in [2.24, 2.45) is 11.8 Å². The van der Waals surface area contributed by atoms with E-state index in [0.717, 1.165) is 28.5 Å². The second kappa shape index (κ2) is 4.24. The maximum atomic E-state index is 8.96. The summed E-state index contributed by atoms with van der Waals surface area (Å²) in [4.78, 5) is 0. The Morgan fingerprint density at radius 3 is 2.93 bits per heavy atom. The van der Waals surface area contributed by atoms with Crippen LogP contribution in [0.4, 0.5) is 5.69 Å². The first-order chi connectivity index (χ1) is 7.20. The van der Waals surface area contributed by atoms with Crippen molar-refractivity contribution >= 4 is 21.6 Å². The van der Waals surface area contributed by atoms with Crippen molar-refractivity contribution in [3.63, 3.8) is 0 Å². The van der Waals surface area contributed by atoms with Gasteiger partial charge in [0.25, 0.3) is 0 Å². The largest absolute Gasteiger partial charge is 0.384 e. The van der Waals surface area contributed by atoms with Crippen LogP contribution in [0.5, 0.6) is 0 Å². The molecule has 0 amide bonds. The van der Waals surface area contributed by atoms with Crippen LogP contribution >= 0.6 is 15.9 Å². The number of rotatable bonds is 3. The Kier molecular flexibility index (Phi) is 2.97. The van der Waals surface area contributed by atoms with Gasteiger partial charge in [0.05, 0.1) is 11.3 Å². The van der Waals surface area contributed by atoms with E-state index in [-0.39, 0.29) is 0 Å². The number of nitriles is 1. The molecule has 0 spiro atoms. The van der Waals surface area contributed by atoms with Gasteiger partial charge in [-0.3, -0.25) is 0 Å². The second-order valence-electron chi connectivity index (χ2n) is 4.16. The quantitative estimate of drug-likeness (QED) is 0.909. The standard InChI is InChI=1S/C12H13BrN2/c1-8-4-10(8)7-15-12-3-2-11(13)5-9(12)6-14/h2-3,5,8,10,15H,4,7H2,1H3. The lowest BCUT2D eigenvalue weighted by Crippen LogP contribution is -2.05. The molecule has 1 fully saturated rings. The summed E-state index contributed by atoms with van der Waals surface area (Å²) >= 11 is 3.36. The Labute approximate surface area is 98.4 Å². The highest BCUT2D eigenvalue weighted by molar-refractivity contribution is 9.10. The number of anilines is 1. The van der Waals surface area contributed by atoms with E-state index in [1.807, 2.05) is 18.2 Å². The number of nitrogens with zero attached hydrogens (tertiary/aromatic N) is 1. The van der Waals surface area contributed by atoms with Gasteiger partial charge in [-0.15, -0.1) is 0 Å². The fourth-order valence-corrected chi connectivity index (χ4v) is 2.05. The van der Waals surface area contributed by atoms with E-state index in [4.69, 9.17) is 5.26 Å². The van der Waals surface area contributed by atoms with E-state index in [9.17, 15) is 0 Å². The first-order valence-electron chi connectivity index (χ1n) is 5.14. The predicted octanol–water partition coefficient (Wildman–Crippen LogP) is 3.39. The van der Waals surface area contributed by atoms with E-state index in [1.54, 1.807) is 0 Å². The fraction of sp³-hybridized carbons (Fsp3) is 0.417. The van der Waals surface area contributed by atoms with Crippen LogP contribution in [-0.4, -0.2) is 6.54 Å². The Morgan fingerprint density at radius 2 is 2.33 bits per heavy atom. The van der Waals surface area contributed by atoms with E-state index < -0.39 is 0 Å². The predicted molar refractivity (Wildman–Crippen MR) is 64.6 cm³/mol. The highest BCUT2D eigenvalue weighted by Crippen LogP contribution is 2.37. The molecule has 1 aromatic rings. The molecule has 0 aromatic heterocycles. The topological polar surface area (TPSA) is 35.8 Å². The summed E-state index contributed by atoms with van der Waals surface area (Å²) in [7, 11) is 0. The summed E-state index contributed by atoms with van der Waals surface area (Å²) in [6.45, 7) is 3.25. The number of hydrogen-bond donors (Lipinski definition) is 1. The van der Waals surface area contributed by atoms with Gasteiger partial charge in [0.1, 0.15) is 6.07 Å². The molecular formula is C12H13BrN2. The van der Waals surface area contributed by atoms with Crippen LogP contribution in [0.25, 0.3) is 0 Å². The zero-order chi connectivity index (χ0) is 10.8. The summed E-state index contributed by atoms with van der Waals surface area (Å²) in [5, 5.41) is 12.3. The summed E-state index contributed by atoms with van der Waals surface area (Å²) in [6.07, 6.45) is 1.31. The molecule has 78 valence electrons. The molecule has 0 bridgehead atoms. The minimum Gasteiger partial charge on any atom is -0.384 e. The van der Waals surface area contributed by atoms with E-state index >= 15 is 0 Å². The first kappa shape index (κ1) is 10.5. The van der Waals surface area contributed by atoms with Crippen molar-refractivity contribution in [2.75, 3.05) is 11.9 Å². The van der Waals surface area contributed by atoms with E-state index in [1.165, 1.54) is 6.42 Å². The smallest absolute Gasteiger partial charge is 0.101 e. The molecule has 3 heteroatoms. The first-order valence-corrected chi connectivity index (χ1v) is 5.93. The molecule has 1 saturated carbocycles. The van der Waals surface area contributed by atoms with Crippen LogP contribution in [0, 0.1) is 23.2 Å². The molecule has 2 atom stereocenters. The van der Waals surface area contributed by atoms with Gasteiger partial charge in [-0.05, 0) is 36.5 Å². The monoisotopic (exact) mass is 264 g/mol. The minimum absolute atomic E-state index is 0.706. The normalized spacial score (nSPS) is 23.3. The molecule has 2 nitrogen and oxygen atoms in total. The number of benzene rings is 1. The molecule has 0 radical (unpaired) electrons. The minimum atomic E-state index is 0.706. The van der Waals surface area contributed by atoms with Gasteiger partial charge in [0, 0.05) is 11.0 Å². The number of nitrogens with one attached hydrogen (secondary N) is 1. The zero-order valence-electron chi connectivity index (χ0n) is 8.63. The van der Waals surface area contributed by atoms with Crippen molar-refractivity contribution in [1.82, 2.24) is 0 Å². The Hall–Kier alpha value is -1.01. The van der Waals surface area contributed by atoms with Gasteiger partial charge in [-0.1, -0.05) is 22.9 Å². The van der Waals surface area contributed by atoms with Gasteiger partial charge in [0.15, 0.2) is 0 Å². The lowest BCUT2D eigenvalue weighted by Gasteiger charge is -2.07. The molecule has 0 aliphatic heterocycles. The third-order valence-corrected chi connectivity index (χ3v) is 3.43. The SMILES string of the molecule is CC1CC1CNc1ccc(Br)cc1C#N. The van der Waals surface area contributed by atoms with Gasteiger partial charge >= 0.3 is 0 Å². The van der Waals surface area contributed by atoms with Crippen LogP contribution in [0.1, 0.15) is 18.9 Å². The molecule has 1 aliphatic carbocycles. The highest BCUT2D eigenvalue weighted by atomic mass is 79.9. The maximum absolute atomic E-state index is 8.96. The number of halogens is 1. The van der Waals surface area contributed by atoms with Crippen molar-refractivity contribution < 1.29 is 0 Å². The molecule has 1 aromatic carbocycles. The van der Waals surface area contributed by atoms with E-state index in [0.29, 0.717) is 5.56 Å². The molecule has 2 rings (SSSR count). The molecule has 1 N–H and O–H groups in total. The van der Waals surface area contributed by atoms with Gasteiger partial charge in [-0.25, -0.2) is 0 Å². The second-order valence-corrected chi connectivity index (χ2v) is 5.07. The Bertz CT molecular complexity index is 409. The lowest BCUT2D eigenvalue weighted by atomic mass is 10.2. The molecule has 0 saturated heterocycles. The number of hydrogen-bond acceptors (Lipinski definition) is 2. The third kappa shape index (κ3) is 2.51. The van der Waals surface area contributed by atoms with Crippen LogP contribution < -0.4 is 5.32 Å². The van der Waals surface area contributed by atoms with Gasteiger partial charge in [-0.2, -0.15) is 5.26 Å². The van der Waals surface area contributed by atoms with Crippen molar-refractivity contribution in [1.29, 1.82) is 5.26 Å². The van der Waals surface area contributed by atoms with Gasteiger partial charge in [0.2, 0.25) is 0 Å². The van der Waals surface area contributed by atoms with Gasteiger partial charge < -0.3 is 5.32 Å². The highest BCUT2D eigenvalue weighted by Gasteiger charge is 2.31. The average molecular weight is 265 g/mol. The average Bonchev–Trinajstić information content (AvgIpc) is 2.92. The summed E-state index contributed by atoms with van der Waals surface area (Å²) in [6, 6.07) is 7.96. The van der Waals surface area contributed by atoms with Crippen LogP contribution in [0.15, 0.2) is 22.7 Å². The maximum Gasteiger partial charge on any atom is 0.101 e. The summed E-state index contributed by atoms with van der Waals surface area (Å²) in [5.74, 6) is 1.64. The van der Waals surface area contributed by atoms with Crippen LogP contribution in [0.3, 0.4) is 0 Å².